The average molecular weight is 343 g/mol. The standard InChI is InChI=1S/C20H29N3O2/c1-16-6-5-11-23(14-16)19(24)15-22-12-9-18(10-13-22)21-20(25)17-7-3-2-4-8-17/h2-4,7-8,16,18H,5-6,9-15H2,1H3,(H,21,25). The van der Waals surface area contributed by atoms with E-state index in [-0.39, 0.29) is 17.9 Å². The van der Waals surface area contributed by atoms with Crippen LogP contribution < -0.4 is 5.32 Å². The first kappa shape index (κ1) is 17.9. The second-order valence-corrected chi connectivity index (χ2v) is 7.48. The van der Waals surface area contributed by atoms with Gasteiger partial charge >= 0.3 is 0 Å². The summed E-state index contributed by atoms with van der Waals surface area (Å²) >= 11 is 0. The van der Waals surface area contributed by atoms with Crippen LogP contribution in [0.4, 0.5) is 0 Å². The van der Waals surface area contributed by atoms with E-state index in [4.69, 9.17) is 0 Å². The van der Waals surface area contributed by atoms with E-state index in [1.807, 2.05) is 35.2 Å². The Kier molecular flexibility index (Phi) is 6.08. The molecule has 1 aromatic rings. The van der Waals surface area contributed by atoms with Crippen molar-refractivity contribution in [1.82, 2.24) is 15.1 Å². The molecule has 5 heteroatoms. The highest BCUT2D eigenvalue weighted by Crippen LogP contribution is 2.17. The first-order chi connectivity index (χ1) is 12.1. The fourth-order valence-electron chi connectivity index (χ4n) is 3.80. The highest BCUT2D eigenvalue weighted by atomic mass is 16.2. The van der Waals surface area contributed by atoms with Crippen molar-refractivity contribution in [2.24, 2.45) is 5.92 Å². The normalized spacial score (nSPS) is 22.6. The molecule has 1 N–H and O–H groups in total. The molecule has 2 heterocycles. The first-order valence-corrected chi connectivity index (χ1v) is 9.48. The third kappa shape index (κ3) is 5.05. The smallest absolute Gasteiger partial charge is 0.251 e. The molecule has 5 nitrogen and oxygen atoms in total. The van der Waals surface area contributed by atoms with Gasteiger partial charge in [-0.3, -0.25) is 14.5 Å². The summed E-state index contributed by atoms with van der Waals surface area (Å²) in [5.41, 5.74) is 0.708. The van der Waals surface area contributed by atoms with Crippen LogP contribution in [0.3, 0.4) is 0 Å². The molecule has 25 heavy (non-hydrogen) atoms. The molecule has 0 spiro atoms. The summed E-state index contributed by atoms with van der Waals surface area (Å²) in [6.07, 6.45) is 4.17. The molecule has 2 saturated heterocycles. The van der Waals surface area contributed by atoms with Crippen LogP contribution in [0.25, 0.3) is 0 Å². The molecule has 1 aromatic carbocycles. The Balaban J connectivity index is 1.41. The van der Waals surface area contributed by atoms with E-state index >= 15 is 0 Å². The van der Waals surface area contributed by atoms with Gasteiger partial charge < -0.3 is 10.2 Å². The monoisotopic (exact) mass is 343 g/mol. The number of carbonyl (C=O) groups is 2. The molecule has 2 fully saturated rings. The highest BCUT2D eigenvalue weighted by molar-refractivity contribution is 5.94. The topological polar surface area (TPSA) is 52.7 Å². The van der Waals surface area contributed by atoms with Crippen LogP contribution in [0.2, 0.25) is 0 Å². The van der Waals surface area contributed by atoms with Gasteiger partial charge in [0.2, 0.25) is 5.91 Å². The minimum absolute atomic E-state index is 0.00238. The molecule has 136 valence electrons. The molecule has 1 unspecified atom stereocenters. The van der Waals surface area contributed by atoms with Gasteiger partial charge in [-0.25, -0.2) is 0 Å². The summed E-state index contributed by atoms with van der Waals surface area (Å²) in [5.74, 6) is 0.882. The zero-order valence-corrected chi connectivity index (χ0v) is 15.1. The Morgan fingerprint density at radius 3 is 2.48 bits per heavy atom. The molecule has 1 atom stereocenters. The van der Waals surface area contributed by atoms with Gasteiger partial charge in [0.1, 0.15) is 0 Å². The van der Waals surface area contributed by atoms with Crippen molar-refractivity contribution in [3.8, 4) is 0 Å². The molecule has 2 aliphatic heterocycles. The highest BCUT2D eigenvalue weighted by Gasteiger charge is 2.26. The van der Waals surface area contributed by atoms with E-state index in [1.165, 1.54) is 6.42 Å². The molecule has 2 amide bonds. The first-order valence-electron chi connectivity index (χ1n) is 9.48. The maximum absolute atomic E-state index is 12.5. The maximum atomic E-state index is 12.5. The molecule has 0 aromatic heterocycles. The molecule has 0 saturated carbocycles. The Morgan fingerprint density at radius 2 is 1.80 bits per heavy atom. The van der Waals surface area contributed by atoms with Crippen LogP contribution in [0.1, 0.15) is 43.0 Å². The summed E-state index contributed by atoms with van der Waals surface area (Å²) in [7, 11) is 0. The lowest BCUT2D eigenvalue weighted by molar-refractivity contribution is -0.134. The SMILES string of the molecule is CC1CCCN(C(=O)CN2CCC(NC(=O)c3ccccc3)CC2)C1. The van der Waals surface area contributed by atoms with E-state index in [2.05, 4.69) is 17.1 Å². The lowest BCUT2D eigenvalue weighted by Gasteiger charge is -2.35. The summed E-state index contributed by atoms with van der Waals surface area (Å²) < 4.78 is 0. The molecular formula is C20H29N3O2. The predicted octanol–water partition coefficient (Wildman–Crippen LogP) is 2.14. The molecule has 2 aliphatic rings. The molecular weight excluding hydrogens is 314 g/mol. The van der Waals surface area contributed by atoms with E-state index in [9.17, 15) is 9.59 Å². The fraction of sp³-hybridized carbons (Fsp3) is 0.600. The summed E-state index contributed by atoms with van der Waals surface area (Å²) in [6, 6.07) is 9.55. The van der Waals surface area contributed by atoms with Crippen molar-refractivity contribution in [2.75, 3.05) is 32.7 Å². The Labute approximate surface area is 150 Å². The summed E-state index contributed by atoms with van der Waals surface area (Å²) in [5, 5.41) is 3.12. The number of nitrogens with zero attached hydrogens (tertiary/aromatic N) is 2. The lowest BCUT2D eigenvalue weighted by atomic mass is 10.00. The van der Waals surface area contributed by atoms with Crippen LogP contribution in [-0.2, 0) is 4.79 Å². The third-order valence-corrected chi connectivity index (χ3v) is 5.33. The Bertz CT molecular complexity index is 582. The number of piperidine rings is 2. The Morgan fingerprint density at radius 1 is 1.08 bits per heavy atom. The predicted molar refractivity (Wildman–Crippen MR) is 98.3 cm³/mol. The van der Waals surface area contributed by atoms with Crippen molar-refractivity contribution in [3.05, 3.63) is 35.9 Å². The zero-order valence-electron chi connectivity index (χ0n) is 15.1. The number of hydrogen-bond acceptors (Lipinski definition) is 3. The fourth-order valence-corrected chi connectivity index (χ4v) is 3.80. The van der Waals surface area contributed by atoms with Crippen LogP contribution in [-0.4, -0.2) is 60.4 Å². The Hall–Kier alpha value is -1.88. The van der Waals surface area contributed by atoms with Crippen molar-refractivity contribution < 1.29 is 9.59 Å². The number of rotatable bonds is 4. The molecule has 0 radical (unpaired) electrons. The van der Waals surface area contributed by atoms with Crippen molar-refractivity contribution in [1.29, 1.82) is 0 Å². The van der Waals surface area contributed by atoms with E-state index in [1.54, 1.807) is 0 Å². The number of carbonyl (C=O) groups excluding carboxylic acids is 2. The van der Waals surface area contributed by atoms with Crippen molar-refractivity contribution in [2.45, 2.75) is 38.6 Å². The van der Waals surface area contributed by atoms with Gasteiger partial charge in [-0.2, -0.15) is 0 Å². The van der Waals surface area contributed by atoms with E-state index in [0.717, 1.165) is 45.4 Å². The van der Waals surface area contributed by atoms with Crippen LogP contribution >= 0.6 is 0 Å². The number of amides is 2. The van der Waals surface area contributed by atoms with Crippen LogP contribution in [0.15, 0.2) is 30.3 Å². The lowest BCUT2D eigenvalue weighted by Crippen LogP contribution is -2.49. The van der Waals surface area contributed by atoms with Crippen LogP contribution in [0.5, 0.6) is 0 Å². The quantitative estimate of drug-likeness (QED) is 0.911. The summed E-state index contributed by atoms with van der Waals surface area (Å²) in [6.45, 7) is 6.30. The van der Waals surface area contributed by atoms with Gasteiger partial charge in [-0.05, 0) is 43.7 Å². The minimum atomic E-state index is -0.00238. The second kappa shape index (κ2) is 8.48. The van der Waals surface area contributed by atoms with Gasteiger partial charge in [-0.15, -0.1) is 0 Å². The van der Waals surface area contributed by atoms with Crippen molar-refractivity contribution >= 4 is 11.8 Å². The average Bonchev–Trinajstić information content (AvgIpc) is 2.64. The number of benzene rings is 1. The minimum Gasteiger partial charge on any atom is -0.349 e. The molecule has 0 bridgehead atoms. The summed E-state index contributed by atoms with van der Waals surface area (Å²) in [4.78, 5) is 28.9. The third-order valence-electron chi connectivity index (χ3n) is 5.33. The second-order valence-electron chi connectivity index (χ2n) is 7.48. The van der Waals surface area contributed by atoms with Gasteiger partial charge in [0, 0.05) is 37.8 Å². The largest absolute Gasteiger partial charge is 0.349 e. The number of likely N-dealkylation sites (tertiary alicyclic amines) is 2. The van der Waals surface area contributed by atoms with Gasteiger partial charge in [0.15, 0.2) is 0 Å². The molecule has 3 rings (SSSR count). The number of nitrogens with one attached hydrogen (secondary N) is 1. The van der Waals surface area contributed by atoms with E-state index < -0.39 is 0 Å². The maximum Gasteiger partial charge on any atom is 0.251 e. The van der Waals surface area contributed by atoms with Crippen LogP contribution in [0, 0.1) is 5.92 Å². The van der Waals surface area contributed by atoms with Crippen molar-refractivity contribution in [3.63, 3.8) is 0 Å². The van der Waals surface area contributed by atoms with Gasteiger partial charge in [0.05, 0.1) is 6.54 Å². The van der Waals surface area contributed by atoms with E-state index in [0.29, 0.717) is 18.0 Å². The number of hydrogen-bond donors (Lipinski definition) is 1. The molecule has 0 aliphatic carbocycles. The van der Waals surface area contributed by atoms with Gasteiger partial charge in [-0.1, -0.05) is 25.1 Å². The zero-order chi connectivity index (χ0) is 17.6. The van der Waals surface area contributed by atoms with Gasteiger partial charge in [0.25, 0.3) is 5.91 Å².